The summed E-state index contributed by atoms with van der Waals surface area (Å²) >= 11 is 1.27. The molecule has 0 bridgehead atoms. The molecule has 0 aliphatic carbocycles. The lowest BCUT2D eigenvalue weighted by Crippen LogP contribution is -2.45. The van der Waals surface area contributed by atoms with Crippen molar-refractivity contribution < 1.29 is 14.3 Å². The number of carbonyl (C=O) groups excluding carboxylic acids is 2. The molecule has 96 valence electrons. The molecular weight excluding hydrogens is 240 g/mol. The standard InChI is InChI=1S/C11H18N2O3S/c1-8(9-3-2-5-16-9)12-10(14)7-13-4-6-17-11(13)15/h8-9H,2-7H2,1H3,(H,12,14). The van der Waals surface area contributed by atoms with Crippen LogP contribution in [0.25, 0.3) is 0 Å². The maximum absolute atomic E-state index is 11.7. The van der Waals surface area contributed by atoms with Gasteiger partial charge in [0.25, 0.3) is 5.24 Å². The van der Waals surface area contributed by atoms with Crippen molar-refractivity contribution in [3.05, 3.63) is 0 Å². The van der Waals surface area contributed by atoms with Gasteiger partial charge in [0.2, 0.25) is 5.91 Å². The van der Waals surface area contributed by atoms with Crippen LogP contribution in [0.4, 0.5) is 4.79 Å². The van der Waals surface area contributed by atoms with Crippen LogP contribution in [-0.2, 0) is 9.53 Å². The summed E-state index contributed by atoms with van der Waals surface area (Å²) in [7, 11) is 0. The van der Waals surface area contributed by atoms with Gasteiger partial charge in [-0.3, -0.25) is 9.59 Å². The molecule has 2 atom stereocenters. The number of rotatable bonds is 4. The van der Waals surface area contributed by atoms with E-state index in [0.717, 1.165) is 25.2 Å². The van der Waals surface area contributed by atoms with Gasteiger partial charge in [0.15, 0.2) is 0 Å². The van der Waals surface area contributed by atoms with E-state index in [0.29, 0.717) is 6.54 Å². The summed E-state index contributed by atoms with van der Waals surface area (Å²) in [6.07, 6.45) is 2.19. The first-order chi connectivity index (χ1) is 8.16. The molecule has 2 aliphatic rings. The first-order valence-corrected chi connectivity index (χ1v) is 6.98. The highest BCUT2D eigenvalue weighted by molar-refractivity contribution is 8.13. The zero-order valence-electron chi connectivity index (χ0n) is 9.98. The second-order valence-electron chi connectivity index (χ2n) is 4.44. The molecule has 6 heteroatoms. The van der Waals surface area contributed by atoms with Gasteiger partial charge >= 0.3 is 0 Å². The van der Waals surface area contributed by atoms with Crippen LogP contribution in [0, 0.1) is 0 Å². The molecule has 2 heterocycles. The molecule has 2 amide bonds. The van der Waals surface area contributed by atoms with Gasteiger partial charge in [-0.05, 0) is 19.8 Å². The predicted octanol–water partition coefficient (Wildman–Crippen LogP) is 0.839. The van der Waals surface area contributed by atoms with Crippen LogP contribution in [0.15, 0.2) is 0 Å². The third kappa shape index (κ3) is 3.35. The van der Waals surface area contributed by atoms with Crippen molar-refractivity contribution in [1.82, 2.24) is 10.2 Å². The monoisotopic (exact) mass is 258 g/mol. The zero-order chi connectivity index (χ0) is 12.3. The molecule has 0 aromatic carbocycles. The third-order valence-electron chi connectivity index (χ3n) is 3.09. The summed E-state index contributed by atoms with van der Waals surface area (Å²) in [5.74, 6) is 0.691. The molecule has 2 saturated heterocycles. The number of thioether (sulfide) groups is 1. The van der Waals surface area contributed by atoms with E-state index in [1.165, 1.54) is 11.8 Å². The Labute approximate surface area is 105 Å². The minimum atomic E-state index is -0.0937. The molecule has 2 aliphatic heterocycles. The summed E-state index contributed by atoms with van der Waals surface area (Å²) in [6, 6.07) is 0.0235. The van der Waals surface area contributed by atoms with E-state index in [2.05, 4.69) is 5.32 Å². The Morgan fingerprint density at radius 3 is 3.12 bits per heavy atom. The van der Waals surface area contributed by atoms with E-state index < -0.39 is 0 Å². The molecule has 2 unspecified atom stereocenters. The Hall–Kier alpha value is -0.750. The average Bonchev–Trinajstić information content (AvgIpc) is 2.90. The number of hydrogen-bond donors (Lipinski definition) is 1. The molecule has 0 aromatic heterocycles. The Bertz CT molecular complexity index is 305. The fourth-order valence-electron chi connectivity index (χ4n) is 2.13. The Morgan fingerprint density at radius 2 is 2.53 bits per heavy atom. The smallest absolute Gasteiger partial charge is 0.282 e. The largest absolute Gasteiger partial charge is 0.376 e. The fraction of sp³-hybridized carbons (Fsp3) is 0.818. The highest BCUT2D eigenvalue weighted by atomic mass is 32.2. The molecule has 5 nitrogen and oxygen atoms in total. The molecule has 2 rings (SSSR count). The van der Waals surface area contributed by atoms with Crippen LogP contribution in [0.3, 0.4) is 0 Å². The van der Waals surface area contributed by atoms with Crippen molar-refractivity contribution >= 4 is 22.9 Å². The topological polar surface area (TPSA) is 58.6 Å². The normalized spacial score (nSPS) is 26.3. The lowest BCUT2D eigenvalue weighted by molar-refractivity contribution is -0.123. The van der Waals surface area contributed by atoms with Gasteiger partial charge in [-0.1, -0.05) is 11.8 Å². The first-order valence-electron chi connectivity index (χ1n) is 5.99. The van der Waals surface area contributed by atoms with Gasteiger partial charge in [0.1, 0.15) is 6.54 Å². The Balaban J connectivity index is 1.74. The highest BCUT2D eigenvalue weighted by Crippen LogP contribution is 2.17. The third-order valence-corrected chi connectivity index (χ3v) is 3.98. The molecule has 0 radical (unpaired) electrons. The maximum Gasteiger partial charge on any atom is 0.282 e. The van der Waals surface area contributed by atoms with Gasteiger partial charge in [-0.2, -0.15) is 0 Å². The summed E-state index contributed by atoms with van der Waals surface area (Å²) < 4.78 is 5.51. The van der Waals surface area contributed by atoms with Crippen molar-refractivity contribution in [3.63, 3.8) is 0 Å². The Kier molecular flexibility index (Phi) is 4.28. The van der Waals surface area contributed by atoms with Crippen LogP contribution in [-0.4, -0.2) is 53.6 Å². The molecular formula is C11H18N2O3S. The number of amides is 2. The number of nitrogens with one attached hydrogen (secondary N) is 1. The second kappa shape index (κ2) is 5.73. The average molecular weight is 258 g/mol. The molecule has 0 spiro atoms. The predicted molar refractivity (Wildman–Crippen MR) is 66.0 cm³/mol. The number of ether oxygens (including phenoxy) is 1. The molecule has 2 fully saturated rings. The maximum atomic E-state index is 11.7. The second-order valence-corrected chi connectivity index (χ2v) is 5.49. The quantitative estimate of drug-likeness (QED) is 0.812. The number of hydrogen-bond acceptors (Lipinski definition) is 4. The van der Waals surface area contributed by atoms with Gasteiger partial charge in [-0.15, -0.1) is 0 Å². The van der Waals surface area contributed by atoms with E-state index in [4.69, 9.17) is 4.74 Å². The lowest BCUT2D eigenvalue weighted by atomic mass is 10.1. The van der Waals surface area contributed by atoms with E-state index in [1.54, 1.807) is 4.90 Å². The van der Waals surface area contributed by atoms with Crippen LogP contribution in [0.5, 0.6) is 0 Å². The van der Waals surface area contributed by atoms with Crippen LogP contribution in [0.2, 0.25) is 0 Å². The van der Waals surface area contributed by atoms with Gasteiger partial charge in [-0.25, -0.2) is 0 Å². The van der Waals surface area contributed by atoms with E-state index in [-0.39, 0.29) is 29.8 Å². The highest BCUT2D eigenvalue weighted by Gasteiger charge is 2.26. The van der Waals surface area contributed by atoms with Crippen molar-refractivity contribution in [2.24, 2.45) is 0 Å². The van der Waals surface area contributed by atoms with Crippen molar-refractivity contribution in [1.29, 1.82) is 0 Å². The lowest BCUT2D eigenvalue weighted by Gasteiger charge is -2.21. The number of carbonyl (C=O) groups is 2. The van der Waals surface area contributed by atoms with Crippen molar-refractivity contribution in [3.8, 4) is 0 Å². The van der Waals surface area contributed by atoms with Gasteiger partial charge < -0.3 is 15.0 Å². The van der Waals surface area contributed by atoms with Crippen LogP contribution >= 0.6 is 11.8 Å². The minimum Gasteiger partial charge on any atom is -0.376 e. The summed E-state index contributed by atoms with van der Waals surface area (Å²) in [5.41, 5.74) is 0. The fourth-order valence-corrected chi connectivity index (χ4v) is 2.96. The van der Waals surface area contributed by atoms with E-state index in [1.807, 2.05) is 6.92 Å². The van der Waals surface area contributed by atoms with Crippen LogP contribution in [0.1, 0.15) is 19.8 Å². The minimum absolute atomic E-state index is 0.00456. The van der Waals surface area contributed by atoms with Crippen molar-refractivity contribution in [2.75, 3.05) is 25.4 Å². The van der Waals surface area contributed by atoms with Crippen molar-refractivity contribution in [2.45, 2.75) is 31.9 Å². The molecule has 17 heavy (non-hydrogen) atoms. The first kappa shape index (κ1) is 12.7. The molecule has 1 N–H and O–H groups in total. The summed E-state index contributed by atoms with van der Waals surface area (Å²) in [4.78, 5) is 24.7. The van der Waals surface area contributed by atoms with E-state index in [9.17, 15) is 9.59 Å². The summed E-state index contributed by atoms with van der Waals surface area (Å²) in [6.45, 7) is 3.58. The van der Waals surface area contributed by atoms with Gasteiger partial charge in [0, 0.05) is 18.9 Å². The van der Waals surface area contributed by atoms with Gasteiger partial charge in [0.05, 0.1) is 12.1 Å². The molecule has 0 saturated carbocycles. The van der Waals surface area contributed by atoms with E-state index >= 15 is 0 Å². The summed E-state index contributed by atoms with van der Waals surface area (Å²) in [5, 5.41) is 2.91. The molecule has 0 aromatic rings. The van der Waals surface area contributed by atoms with Crippen LogP contribution < -0.4 is 5.32 Å². The SMILES string of the molecule is CC(NC(=O)CN1CCSC1=O)C1CCCO1. The Morgan fingerprint density at radius 1 is 1.71 bits per heavy atom. The zero-order valence-corrected chi connectivity index (χ0v) is 10.8. The number of nitrogens with zero attached hydrogens (tertiary/aromatic N) is 1.